The van der Waals surface area contributed by atoms with E-state index in [4.69, 9.17) is 9.90 Å². The van der Waals surface area contributed by atoms with E-state index in [2.05, 4.69) is 39.9 Å². The number of carbonyl (C=O) groups is 3. The Morgan fingerprint density at radius 3 is 2.69 bits per heavy atom. The molecule has 5 N–H and O–H groups in total. The van der Waals surface area contributed by atoms with Gasteiger partial charge in [0.1, 0.15) is 0 Å². The minimum atomic E-state index is -0.724. The average molecular weight is 402 g/mol. The lowest BCUT2D eigenvalue weighted by atomic mass is 10.0. The zero-order valence-electron chi connectivity index (χ0n) is 16.2. The van der Waals surface area contributed by atoms with E-state index in [0.717, 1.165) is 6.42 Å². The maximum atomic E-state index is 12.4. The van der Waals surface area contributed by atoms with Gasteiger partial charge in [0.15, 0.2) is 0 Å². The number of aromatic nitrogens is 2. The molecule has 0 spiro atoms. The highest BCUT2D eigenvalue weighted by molar-refractivity contribution is 5.94. The van der Waals surface area contributed by atoms with Gasteiger partial charge >= 0.3 is 0 Å². The number of aryl methyl sites for hydroxylation is 1. The standard InChI is InChI=1S/C19H24N4O3.CH2O2/c1-12-4-2-3-5-13(12)6-7-20-18(25)14-8-16(17(24)9-14)23-19(26)15-10-21-22-11-15;2-1-3/h2-5,10-11,14,16-17,24H,6-9H2,1H3,(H,20,25)(H,21,22)(H,23,26);1H,(H,2,3)/t14-,16+,17+;/m0./s1. The first-order chi connectivity index (χ1) is 14.0. The van der Waals surface area contributed by atoms with Crippen molar-refractivity contribution < 1.29 is 24.6 Å². The minimum Gasteiger partial charge on any atom is -0.483 e. The van der Waals surface area contributed by atoms with E-state index in [-0.39, 0.29) is 24.2 Å². The fourth-order valence-electron chi connectivity index (χ4n) is 3.37. The molecule has 1 fully saturated rings. The van der Waals surface area contributed by atoms with Gasteiger partial charge in [-0.05, 0) is 37.3 Å². The molecule has 1 aromatic heterocycles. The monoisotopic (exact) mass is 402 g/mol. The van der Waals surface area contributed by atoms with Crippen LogP contribution in [0.25, 0.3) is 0 Å². The van der Waals surface area contributed by atoms with Crippen LogP contribution in [-0.4, -0.2) is 57.4 Å². The molecule has 1 saturated carbocycles. The van der Waals surface area contributed by atoms with Gasteiger partial charge in [-0.2, -0.15) is 5.10 Å². The van der Waals surface area contributed by atoms with Crippen LogP contribution >= 0.6 is 0 Å². The summed E-state index contributed by atoms with van der Waals surface area (Å²) in [5.41, 5.74) is 2.83. The lowest BCUT2D eigenvalue weighted by molar-refractivity contribution is -0.125. The lowest BCUT2D eigenvalue weighted by Gasteiger charge is -2.15. The second-order valence-electron chi connectivity index (χ2n) is 6.88. The number of aromatic amines is 1. The molecule has 1 heterocycles. The highest BCUT2D eigenvalue weighted by Crippen LogP contribution is 2.26. The summed E-state index contributed by atoms with van der Waals surface area (Å²) in [6.07, 6.45) is 3.75. The normalized spacial score (nSPS) is 20.3. The van der Waals surface area contributed by atoms with Crippen molar-refractivity contribution in [3.8, 4) is 0 Å². The Morgan fingerprint density at radius 2 is 2.03 bits per heavy atom. The summed E-state index contributed by atoms with van der Waals surface area (Å²) in [6.45, 7) is 2.36. The summed E-state index contributed by atoms with van der Waals surface area (Å²) in [7, 11) is 0. The molecule has 3 atom stereocenters. The van der Waals surface area contributed by atoms with Gasteiger partial charge in [0.05, 0.1) is 23.9 Å². The van der Waals surface area contributed by atoms with Crippen LogP contribution in [0.1, 0.15) is 34.3 Å². The van der Waals surface area contributed by atoms with Gasteiger partial charge < -0.3 is 20.8 Å². The third-order valence-electron chi connectivity index (χ3n) is 4.93. The topological polar surface area (TPSA) is 144 Å². The van der Waals surface area contributed by atoms with Crippen LogP contribution in [0.3, 0.4) is 0 Å². The predicted molar refractivity (Wildman–Crippen MR) is 105 cm³/mol. The number of H-pyrrole nitrogens is 1. The molecule has 0 aliphatic heterocycles. The first-order valence-electron chi connectivity index (χ1n) is 9.34. The molecule has 1 aliphatic rings. The average Bonchev–Trinajstić information content (AvgIpc) is 3.34. The number of rotatable bonds is 6. The third kappa shape index (κ3) is 6.42. The Labute approximate surface area is 168 Å². The number of carboxylic acid groups (broad SMARTS) is 1. The molecule has 2 amide bonds. The zero-order chi connectivity index (χ0) is 21.2. The molecule has 0 bridgehead atoms. The first kappa shape index (κ1) is 22.1. The Hall–Kier alpha value is -3.20. The van der Waals surface area contributed by atoms with E-state index < -0.39 is 12.1 Å². The van der Waals surface area contributed by atoms with E-state index >= 15 is 0 Å². The molecule has 0 unspecified atom stereocenters. The summed E-state index contributed by atoms with van der Waals surface area (Å²) in [5.74, 6) is -0.669. The number of hydrogen-bond acceptors (Lipinski definition) is 5. The minimum absolute atomic E-state index is 0.0716. The van der Waals surface area contributed by atoms with Gasteiger partial charge in [-0.15, -0.1) is 0 Å². The van der Waals surface area contributed by atoms with Gasteiger partial charge in [-0.1, -0.05) is 24.3 Å². The third-order valence-corrected chi connectivity index (χ3v) is 4.93. The van der Waals surface area contributed by atoms with Gasteiger partial charge in [0, 0.05) is 18.7 Å². The fraction of sp³-hybridized carbons (Fsp3) is 0.400. The summed E-state index contributed by atoms with van der Waals surface area (Å²) < 4.78 is 0. The number of aliphatic hydroxyl groups is 1. The van der Waals surface area contributed by atoms with Crippen LogP contribution in [0.4, 0.5) is 0 Å². The van der Waals surface area contributed by atoms with E-state index in [1.54, 1.807) is 0 Å². The largest absolute Gasteiger partial charge is 0.483 e. The number of carbonyl (C=O) groups excluding carboxylic acids is 2. The lowest BCUT2D eigenvalue weighted by Crippen LogP contribution is -2.40. The zero-order valence-corrected chi connectivity index (χ0v) is 16.2. The Morgan fingerprint density at radius 1 is 1.31 bits per heavy atom. The number of nitrogens with zero attached hydrogens (tertiary/aromatic N) is 1. The van der Waals surface area contributed by atoms with Crippen molar-refractivity contribution in [3.63, 3.8) is 0 Å². The van der Waals surface area contributed by atoms with Crippen LogP contribution in [0.2, 0.25) is 0 Å². The van der Waals surface area contributed by atoms with Gasteiger partial charge in [-0.3, -0.25) is 19.5 Å². The van der Waals surface area contributed by atoms with E-state index in [1.807, 2.05) is 12.1 Å². The van der Waals surface area contributed by atoms with Crippen LogP contribution in [-0.2, 0) is 16.0 Å². The molecule has 9 heteroatoms. The molecule has 3 rings (SSSR count). The van der Waals surface area contributed by atoms with Crippen molar-refractivity contribution in [2.45, 2.75) is 38.3 Å². The molecule has 9 nitrogen and oxygen atoms in total. The molecule has 2 aromatic rings. The van der Waals surface area contributed by atoms with Crippen molar-refractivity contribution in [1.29, 1.82) is 0 Å². The van der Waals surface area contributed by atoms with E-state index in [9.17, 15) is 14.7 Å². The Bertz CT molecular complexity index is 809. The maximum absolute atomic E-state index is 12.4. The number of benzene rings is 1. The van der Waals surface area contributed by atoms with Crippen LogP contribution < -0.4 is 10.6 Å². The van der Waals surface area contributed by atoms with E-state index in [0.29, 0.717) is 24.9 Å². The number of nitrogens with one attached hydrogen (secondary N) is 3. The molecule has 0 radical (unpaired) electrons. The Balaban J connectivity index is 0.000000941. The number of hydrogen-bond donors (Lipinski definition) is 5. The van der Waals surface area contributed by atoms with E-state index in [1.165, 1.54) is 23.5 Å². The second kappa shape index (κ2) is 11.0. The summed E-state index contributed by atoms with van der Waals surface area (Å²) >= 11 is 0. The highest BCUT2D eigenvalue weighted by Gasteiger charge is 2.37. The number of amides is 2. The summed E-state index contributed by atoms with van der Waals surface area (Å²) in [4.78, 5) is 32.8. The van der Waals surface area contributed by atoms with Crippen molar-refractivity contribution in [2.75, 3.05) is 6.54 Å². The van der Waals surface area contributed by atoms with Gasteiger partial charge in [-0.25, -0.2) is 0 Å². The summed E-state index contributed by atoms with van der Waals surface area (Å²) in [5, 5.41) is 29.1. The SMILES string of the molecule is Cc1ccccc1CCNC(=O)[C@@H]1C[C@@H](O)[C@H](NC(=O)c2cn[nH]c2)C1.O=CO. The second-order valence-corrected chi connectivity index (χ2v) is 6.88. The molecule has 1 aliphatic carbocycles. The fourth-order valence-corrected chi connectivity index (χ4v) is 3.37. The van der Waals surface area contributed by atoms with Crippen LogP contribution in [0.15, 0.2) is 36.7 Å². The maximum Gasteiger partial charge on any atom is 0.290 e. The molecule has 0 saturated heterocycles. The first-order valence-corrected chi connectivity index (χ1v) is 9.34. The predicted octanol–water partition coefficient (Wildman–Crippen LogP) is 0.647. The van der Waals surface area contributed by atoms with Crippen molar-refractivity contribution in [3.05, 3.63) is 53.3 Å². The molecular formula is C20H26N4O5. The van der Waals surface area contributed by atoms with Crippen molar-refractivity contribution in [1.82, 2.24) is 20.8 Å². The molecular weight excluding hydrogens is 376 g/mol. The van der Waals surface area contributed by atoms with Gasteiger partial charge in [0.2, 0.25) is 5.91 Å². The smallest absolute Gasteiger partial charge is 0.290 e. The summed E-state index contributed by atoms with van der Waals surface area (Å²) in [6, 6.07) is 7.67. The number of aliphatic hydroxyl groups excluding tert-OH is 1. The van der Waals surface area contributed by atoms with Gasteiger partial charge in [0.25, 0.3) is 12.4 Å². The Kier molecular flexibility index (Phi) is 8.35. The quantitative estimate of drug-likeness (QED) is 0.449. The molecule has 29 heavy (non-hydrogen) atoms. The van der Waals surface area contributed by atoms with Crippen molar-refractivity contribution in [2.24, 2.45) is 5.92 Å². The van der Waals surface area contributed by atoms with Crippen LogP contribution in [0.5, 0.6) is 0 Å². The molecule has 156 valence electrons. The van der Waals surface area contributed by atoms with Crippen molar-refractivity contribution >= 4 is 18.3 Å². The van der Waals surface area contributed by atoms with Crippen LogP contribution in [0, 0.1) is 12.8 Å². The highest BCUT2D eigenvalue weighted by atomic mass is 16.3. The molecule has 1 aromatic carbocycles.